The van der Waals surface area contributed by atoms with Crippen LogP contribution in [0, 0.1) is 12.8 Å². The number of allylic oxidation sites excluding steroid dienone is 2. The summed E-state index contributed by atoms with van der Waals surface area (Å²) in [7, 11) is 0. The molecule has 0 bridgehead atoms. The number of rotatable bonds is 6. The lowest BCUT2D eigenvalue weighted by Gasteiger charge is -2.28. The summed E-state index contributed by atoms with van der Waals surface area (Å²) in [4.78, 5) is 24.5. The van der Waals surface area contributed by atoms with E-state index >= 15 is 0 Å². The van der Waals surface area contributed by atoms with Crippen LogP contribution in [0.4, 0.5) is 0 Å². The smallest absolute Gasteiger partial charge is 0.338 e. The lowest BCUT2D eigenvalue weighted by atomic mass is 9.94. The van der Waals surface area contributed by atoms with Gasteiger partial charge in [0.25, 0.3) is 0 Å². The number of hydrogen-bond donors (Lipinski definition) is 0. The van der Waals surface area contributed by atoms with E-state index in [2.05, 4.69) is 13.8 Å². The van der Waals surface area contributed by atoms with Gasteiger partial charge in [0.2, 0.25) is 0 Å². The number of carbonyl (C=O) groups excluding carboxylic acids is 2. The van der Waals surface area contributed by atoms with Crippen LogP contribution in [0.1, 0.15) is 62.4 Å². The summed E-state index contributed by atoms with van der Waals surface area (Å²) in [6, 6.07) is 7.38. The minimum absolute atomic E-state index is 0.115. The molecule has 1 fully saturated rings. The van der Waals surface area contributed by atoms with Crippen LogP contribution in [0.5, 0.6) is 0 Å². The molecular weight excluding hydrogens is 340 g/mol. The lowest BCUT2D eigenvalue weighted by Crippen LogP contribution is -2.30. The highest BCUT2D eigenvalue weighted by Crippen LogP contribution is 2.25. The van der Waals surface area contributed by atoms with Gasteiger partial charge in [-0.2, -0.15) is 0 Å². The summed E-state index contributed by atoms with van der Waals surface area (Å²) in [6.45, 7) is 7.95. The maximum Gasteiger partial charge on any atom is 0.338 e. The van der Waals surface area contributed by atoms with E-state index in [4.69, 9.17) is 9.47 Å². The number of carbonyl (C=O) groups is 2. The molecule has 4 heteroatoms. The lowest BCUT2D eigenvalue weighted by molar-refractivity contribution is -0.146. The first-order valence-electron chi connectivity index (χ1n) is 9.72. The van der Waals surface area contributed by atoms with Crippen LogP contribution in [0.3, 0.4) is 0 Å². The molecule has 1 aliphatic rings. The first kappa shape index (κ1) is 20.9. The molecule has 0 spiro atoms. The number of aryl methyl sites for hydroxylation is 1. The van der Waals surface area contributed by atoms with Crippen LogP contribution in [0.25, 0.3) is 0 Å². The summed E-state index contributed by atoms with van der Waals surface area (Å²) < 4.78 is 11.2. The van der Waals surface area contributed by atoms with E-state index in [9.17, 15) is 9.59 Å². The van der Waals surface area contributed by atoms with Gasteiger partial charge in [-0.05, 0) is 57.6 Å². The molecule has 1 aliphatic carbocycles. The van der Waals surface area contributed by atoms with E-state index in [0.29, 0.717) is 42.7 Å². The average molecular weight is 370 g/mol. The van der Waals surface area contributed by atoms with Gasteiger partial charge in [-0.3, -0.25) is 0 Å². The molecule has 0 unspecified atom stereocenters. The van der Waals surface area contributed by atoms with E-state index in [-0.39, 0.29) is 24.1 Å². The van der Waals surface area contributed by atoms with Crippen molar-refractivity contribution in [3.05, 3.63) is 59.2 Å². The highest BCUT2D eigenvalue weighted by molar-refractivity contribution is 5.91. The van der Waals surface area contributed by atoms with Crippen molar-refractivity contribution in [3.8, 4) is 0 Å². The zero-order valence-electron chi connectivity index (χ0n) is 16.7. The molecule has 1 aromatic rings. The first-order valence-corrected chi connectivity index (χ1v) is 9.72. The SMILES string of the molecule is C/C=C(\C=C/C(C)C)C(=O)OC1CCC(OC(=O)c2ccc(C)cc2)CC1. The maximum absolute atomic E-state index is 12.3. The van der Waals surface area contributed by atoms with Crippen LogP contribution in [-0.4, -0.2) is 24.1 Å². The summed E-state index contributed by atoms with van der Waals surface area (Å²) in [6.07, 6.45) is 8.19. The highest BCUT2D eigenvalue weighted by atomic mass is 16.6. The molecule has 0 aliphatic heterocycles. The van der Waals surface area contributed by atoms with Crippen molar-refractivity contribution in [3.63, 3.8) is 0 Å². The molecule has 0 radical (unpaired) electrons. The predicted molar refractivity (Wildman–Crippen MR) is 106 cm³/mol. The van der Waals surface area contributed by atoms with Crippen molar-refractivity contribution in [2.24, 2.45) is 5.92 Å². The van der Waals surface area contributed by atoms with Gasteiger partial charge in [0.1, 0.15) is 12.2 Å². The minimum Gasteiger partial charge on any atom is -0.459 e. The molecule has 27 heavy (non-hydrogen) atoms. The van der Waals surface area contributed by atoms with E-state index in [1.807, 2.05) is 38.1 Å². The van der Waals surface area contributed by atoms with Gasteiger partial charge >= 0.3 is 11.9 Å². The Balaban J connectivity index is 1.80. The Labute approximate surface area is 162 Å². The Hall–Kier alpha value is -2.36. The Morgan fingerprint density at radius 2 is 1.56 bits per heavy atom. The van der Waals surface area contributed by atoms with Crippen LogP contribution in [0.15, 0.2) is 48.1 Å². The van der Waals surface area contributed by atoms with Gasteiger partial charge in [-0.15, -0.1) is 0 Å². The Bertz CT molecular complexity index is 690. The molecule has 0 atom stereocenters. The van der Waals surface area contributed by atoms with Crippen molar-refractivity contribution >= 4 is 11.9 Å². The summed E-state index contributed by atoms with van der Waals surface area (Å²) in [5.74, 6) is -0.189. The molecule has 146 valence electrons. The molecule has 1 saturated carbocycles. The summed E-state index contributed by atoms with van der Waals surface area (Å²) in [5, 5.41) is 0. The third-order valence-electron chi connectivity index (χ3n) is 4.66. The van der Waals surface area contributed by atoms with Gasteiger partial charge in [0, 0.05) is 0 Å². The van der Waals surface area contributed by atoms with Crippen molar-refractivity contribution in [2.75, 3.05) is 0 Å². The normalized spacial score (nSPS) is 20.7. The van der Waals surface area contributed by atoms with Crippen LogP contribution in [-0.2, 0) is 14.3 Å². The van der Waals surface area contributed by atoms with Crippen molar-refractivity contribution < 1.29 is 19.1 Å². The molecule has 4 nitrogen and oxygen atoms in total. The third-order valence-corrected chi connectivity index (χ3v) is 4.66. The zero-order valence-corrected chi connectivity index (χ0v) is 16.7. The highest BCUT2D eigenvalue weighted by Gasteiger charge is 2.27. The zero-order chi connectivity index (χ0) is 19.8. The molecule has 1 aromatic carbocycles. The van der Waals surface area contributed by atoms with Gasteiger partial charge in [-0.25, -0.2) is 9.59 Å². The molecule has 0 aromatic heterocycles. The first-order chi connectivity index (χ1) is 12.9. The number of ether oxygens (including phenoxy) is 2. The van der Waals surface area contributed by atoms with E-state index < -0.39 is 0 Å². The van der Waals surface area contributed by atoms with Crippen LogP contribution >= 0.6 is 0 Å². The van der Waals surface area contributed by atoms with E-state index in [0.717, 1.165) is 5.56 Å². The second kappa shape index (κ2) is 10.1. The van der Waals surface area contributed by atoms with Crippen LogP contribution in [0.2, 0.25) is 0 Å². The monoisotopic (exact) mass is 370 g/mol. The minimum atomic E-state index is -0.287. The molecule has 0 saturated heterocycles. The Morgan fingerprint density at radius 3 is 2.07 bits per heavy atom. The van der Waals surface area contributed by atoms with E-state index in [1.54, 1.807) is 18.2 Å². The van der Waals surface area contributed by atoms with Crippen molar-refractivity contribution in [1.82, 2.24) is 0 Å². The second-order valence-electron chi connectivity index (χ2n) is 7.42. The fourth-order valence-electron chi connectivity index (χ4n) is 2.97. The number of esters is 2. The maximum atomic E-state index is 12.3. The fraction of sp³-hybridized carbons (Fsp3) is 0.478. The van der Waals surface area contributed by atoms with Gasteiger partial charge in [-0.1, -0.05) is 49.8 Å². The largest absolute Gasteiger partial charge is 0.459 e. The third kappa shape index (κ3) is 6.70. The predicted octanol–water partition coefficient (Wildman–Crippen LogP) is 5.16. The summed E-state index contributed by atoms with van der Waals surface area (Å²) >= 11 is 0. The molecule has 0 amide bonds. The number of benzene rings is 1. The fourth-order valence-corrected chi connectivity index (χ4v) is 2.97. The Morgan fingerprint density at radius 1 is 1.00 bits per heavy atom. The van der Waals surface area contributed by atoms with Crippen molar-refractivity contribution in [2.45, 2.75) is 65.6 Å². The molecular formula is C23H30O4. The average Bonchev–Trinajstić information content (AvgIpc) is 2.64. The molecule has 0 heterocycles. The number of hydrogen-bond acceptors (Lipinski definition) is 4. The van der Waals surface area contributed by atoms with Gasteiger partial charge in [0.15, 0.2) is 0 Å². The standard InChI is InChI=1S/C23H30O4/c1-5-18(9-6-16(2)3)22(24)26-20-12-14-21(15-13-20)27-23(25)19-10-7-17(4)8-11-19/h5-11,16,20-21H,12-15H2,1-4H3/b9-6-,18-5+. The molecule has 2 rings (SSSR count). The van der Waals surface area contributed by atoms with Gasteiger partial charge in [0.05, 0.1) is 11.1 Å². The van der Waals surface area contributed by atoms with Crippen LogP contribution < -0.4 is 0 Å². The topological polar surface area (TPSA) is 52.6 Å². The molecule has 0 N–H and O–H groups in total. The van der Waals surface area contributed by atoms with Crippen molar-refractivity contribution in [1.29, 1.82) is 0 Å². The van der Waals surface area contributed by atoms with Gasteiger partial charge < -0.3 is 9.47 Å². The second-order valence-corrected chi connectivity index (χ2v) is 7.42. The Kier molecular flexibility index (Phi) is 7.83. The quantitative estimate of drug-likeness (QED) is 0.394. The van der Waals surface area contributed by atoms with E-state index in [1.165, 1.54) is 0 Å². The summed E-state index contributed by atoms with van der Waals surface area (Å²) in [5.41, 5.74) is 2.26.